The van der Waals surface area contributed by atoms with Gasteiger partial charge in [0.2, 0.25) is 0 Å². The number of rotatable bonds is 4. The topological polar surface area (TPSA) is 15.3 Å². The lowest BCUT2D eigenvalue weighted by Gasteiger charge is -2.30. The Kier molecular flexibility index (Phi) is 6.25. The summed E-state index contributed by atoms with van der Waals surface area (Å²) in [5.41, 5.74) is 0.660. The predicted molar refractivity (Wildman–Crippen MR) is 76.9 cm³/mol. The number of nitrogens with zero attached hydrogens (tertiary/aromatic N) is 1. The first-order valence-electron chi connectivity index (χ1n) is 7.21. The number of hydrogen-bond donors (Lipinski definition) is 1. The molecule has 0 aromatic heterocycles. The van der Waals surface area contributed by atoms with Gasteiger partial charge in [0.1, 0.15) is 0 Å². The minimum absolute atomic E-state index is 0. The second kappa shape index (κ2) is 6.96. The Labute approximate surface area is 113 Å². The van der Waals surface area contributed by atoms with Crippen LogP contribution in [0.1, 0.15) is 46.0 Å². The van der Waals surface area contributed by atoms with Crippen molar-refractivity contribution in [1.82, 2.24) is 10.2 Å². The fraction of sp³-hybridized carbons (Fsp3) is 1.00. The molecule has 0 amide bonds. The van der Waals surface area contributed by atoms with Crippen molar-refractivity contribution in [3.63, 3.8) is 0 Å². The predicted octanol–water partition coefficient (Wildman–Crippen LogP) is 2.92. The van der Waals surface area contributed by atoms with E-state index in [1.807, 2.05) is 0 Å². The van der Waals surface area contributed by atoms with Crippen LogP contribution in [0.5, 0.6) is 0 Å². The van der Waals surface area contributed by atoms with Crippen molar-refractivity contribution in [3.8, 4) is 0 Å². The van der Waals surface area contributed by atoms with Gasteiger partial charge in [-0.15, -0.1) is 12.4 Å². The summed E-state index contributed by atoms with van der Waals surface area (Å²) < 4.78 is 0. The van der Waals surface area contributed by atoms with Crippen molar-refractivity contribution < 1.29 is 0 Å². The lowest BCUT2D eigenvalue weighted by atomic mass is 9.82. The third-order valence-corrected chi connectivity index (χ3v) is 4.99. The van der Waals surface area contributed by atoms with Gasteiger partial charge in [0, 0.05) is 13.1 Å². The molecule has 2 aliphatic heterocycles. The van der Waals surface area contributed by atoms with E-state index in [1.54, 1.807) is 0 Å². The summed E-state index contributed by atoms with van der Waals surface area (Å²) in [5.74, 6) is 0.964. The van der Waals surface area contributed by atoms with E-state index in [9.17, 15) is 0 Å². The number of piperidine rings is 1. The zero-order valence-corrected chi connectivity index (χ0v) is 12.3. The summed E-state index contributed by atoms with van der Waals surface area (Å²) in [7, 11) is 0. The molecule has 2 rings (SSSR count). The lowest BCUT2D eigenvalue weighted by Crippen LogP contribution is -2.36. The molecule has 3 heteroatoms. The largest absolute Gasteiger partial charge is 0.317 e. The third-order valence-electron chi connectivity index (χ3n) is 4.99. The van der Waals surface area contributed by atoms with E-state index < -0.39 is 0 Å². The second-order valence-electron chi connectivity index (χ2n) is 5.89. The van der Waals surface area contributed by atoms with Crippen LogP contribution in [0.25, 0.3) is 0 Å². The Morgan fingerprint density at radius 3 is 2.35 bits per heavy atom. The average molecular weight is 261 g/mol. The standard InChI is InChI=1S/C14H28N2.ClH/c1-3-14(4-2)7-10-16(12-14)11-13-5-8-15-9-6-13;/h13,15H,3-12H2,1-2H3;1H. The minimum atomic E-state index is 0. The van der Waals surface area contributed by atoms with E-state index in [1.165, 1.54) is 64.8 Å². The monoisotopic (exact) mass is 260 g/mol. The van der Waals surface area contributed by atoms with Gasteiger partial charge in [-0.05, 0) is 63.1 Å². The van der Waals surface area contributed by atoms with E-state index in [-0.39, 0.29) is 12.4 Å². The molecule has 2 heterocycles. The fourth-order valence-electron chi connectivity index (χ4n) is 3.44. The average Bonchev–Trinajstić information content (AvgIpc) is 2.75. The maximum Gasteiger partial charge on any atom is 0.00384 e. The van der Waals surface area contributed by atoms with Gasteiger partial charge in [0.05, 0.1) is 0 Å². The summed E-state index contributed by atoms with van der Waals surface area (Å²) in [6.07, 6.45) is 6.95. The zero-order valence-electron chi connectivity index (χ0n) is 11.5. The molecular formula is C14H29ClN2. The van der Waals surface area contributed by atoms with E-state index >= 15 is 0 Å². The second-order valence-corrected chi connectivity index (χ2v) is 5.89. The van der Waals surface area contributed by atoms with Gasteiger partial charge < -0.3 is 10.2 Å². The first-order chi connectivity index (χ1) is 7.78. The van der Waals surface area contributed by atoms with Crippen LogP contribution in [0, 0.1) is 11.3 Å². The van der Waals surface area contributed by atoms with Crippen molar-refractivity contribution in [2.45, 2.75) is 46.0 Å². The highest BCUT2D eigenvalue weighted by Crippen LogP contribution is 2.37. The summed E-state index contributed by atoms with van der Waals surface area (Å²) in [6.45, 7) is 11.3. The molecule has 0 bridgehead atoms. The van der Waals surface area contributed by atoms with Crippen molar-refractivity contribution in [2.24, 2.45) is 11.3 Å². The van der Waals surface area contributed by atoms with E-state index in [2.05, 4.69) is 24.1 Å². The van der Waals surface area contributed by atoms with Crippen LogP contribution in [-0.4, -0.2) is 37.6 Å². The summed E-state index contributed by atoms with van der Waals surface area (Å²) >= 11 is 0. The molecule has 0 saturated carbocycles. The van der Waals surface area contributed by atoms with Crippen LogP contribution in [-0.2, 0) is 0 Å². The van der Waals surface area contributed by atoms with Gasteiger partial charge in [0.15, 0.2) is 0 Å². The SMILES string of the molecule is CCC1(CC)CCN(CC2CCNCC2)C1.Cl. The summed E-state index contributed by atoms with van der Waals surface area (Å²) in [4.78, 5) is 2.74. The number of halogens is 1. The number of hydrogen-bond acceptors (Lipinski definition) is 2. The molecule has 0 unspecified atom stereocenters. The Morgan fingerprint density at radius 2 is 1.82 bits per heavy atom. The Bertz CT molecular complexity index is 210. The van der Waals surface area contributed by atoms with Crippen LogP contribution < -0.4 is 5.32 Å². The van der Waals surface area contributed by atoms with Gasteiger partial charge >= 0.3 is 0 Å². The Morgan fingerprint density at radius 1 is 1.18 bits per heavy atom. The van der Waals surface area contributed by atoms with Gasteiger partial charge in [-0.1, -0.05) is 13.8 Å². The first-order valence-corrected chi connectivity index (χ1v) is 7.21. The maximum atomic E-state index is 3.46. The molecule has 17 heavy (non-hydrogen) atoms. The summed E-state index contributed by atoms with van der Waals surface area (Å²) in [6, 6.07) is 0. The summed E-state index contributed by atoms with van der Waals surface area (Å²) in [5, 5.41) is 3.46. The van der Waals surface area contributed by atoms with Crippen LogP contribution in [0.15, 0.2) is 0 Å². The van der Waals surface area contributed by atoms with Crippen LogP contribution in [0.3, 0.4) is 0 Å². The van der Waals surface area contributed by atoms with E-state index in [0.717, 1.165) is 5.92 Å². The highest BCUT2D eigenvalue weighted by Gasteiger charge is 2.35. The molecule has 0 aromatic rings. The molecule has 0 aliphatic carbocycles. The van der Waals surface area contributed by atoms with Gasteiger partial charge in [-0.3, -0.25) is 0 Å². The number of nitrogens with one attached hydrogen (secondary N) is 1. The quantitative estimate of drug-likeness (QED) is 0.836. The molecule has 0 spiro atoms. The van der Waals surface area contributed by atoms with Crippen molar-refractivity contribution in [2.75, 3.05) is 32.7 Å². The third kappa shape index (κ3) is 3.84. The normalized spacial score (nSPS) is 25.8. The molecule has 1 N–H and O–H groups in total. The van der Waals surface area contributed by atoms with Gasteiger partial charge in [-0.2, -0.15) is 0 Å². The van der Waals surface area contributed by atoms with Crippen LogP contribution in [0.2, 0.25) is 0 Å². The Hall–Kier alpha value is 0.210. The van der Waals surface area contributed by atoms with E-state index in [0.29, 0.717) is 5.41 Å². The highest BCUT2D eigenvalue weighted by molar-refractivity contribution is 5.85. The maximum absolute atomic E-state index is 3.46. The highest BCUT2D eigenvalue weighted by atomic mass is 35.5. The molecule has 2 saturated heterocycles. The fourth-order valence-corrected chi connectivity index (χ4v) is 3.44. The first kappa shape index (κ1) is 15.3. The molecule has 2 fully saturated rings. The smallest absolute Gasteiger partial charge is 0.00384 e. The Balaban J connectivity index is 0.00000144. The van der Waals surface area contributed by atoms with Crippen molar-refractivity contribution >= 4 is 12.4 Å². The van der Waals surface area contributed by atoms with Crippen molar-refractivity contribution in [3.05, 3.63) is 0 Å². The molecule has 0 atom stereocenters. The number of likely N-dealkylation sites (tertiary alicyclic amines) is 1. The van der Waals surface area contributed by atoms with Crippen molar-refractivity contribution in [1.29, 1.82) is 0 Å². The zero-order chi connectivity index (χ0) is 11.4. The van der Waals surface area contributed by atoms with Gasteiger partial charge in [-0.25, -0.2) is 0 Å². The minimum Gasteiger partial charge on any atom is -0.317 e. The van der Waals surface area contributed by atoms with Crippen LogP contribution in [0.4, 0.5) is 0 Å². The van der Waals surface area contributed by atoms with Crippen LogP contribution >= 0.6 is 12.4 Å². The molecule has 0 radical (unpaired) electrons. The lowest BCUT2D eigenvalue weighted by molar-refractivity contribution is 0.201. The molecule has 0 aromatic carbocycles. The molecular weight excluding hydrogens is 232 g/mol. The molecule has 2 nitrogen and oxygen atoms in total. The molecule has 102 valence electrons. The van der Waals surface area contributed by atoms with E-state index in [4.69, 9.17) is 0 Å². The van der Waals surface area contributed by atoms with Gasteiger partial charge in [0.25, 0.3) is 0 Å². The molecule has 2 aliphatic rings.